The van der Waals surface area contributed by atoms with Gasteiger partial charge in [0, 0.05) is 22.0 Å². The molecule has 0 amide bonds. The molecule has 0 bridgehead atoms. The van der Waals surface area contributed by atoms with Crippen LogP contribution in [0.5, 0.6) is 0 Å². The van der Waals surface area contributed by atoms with E-state index >= 15 is 0 Å². The summed E-state index contributed by atoms with van der Waals surface area (Å²) < 4.78 is 0. The van der Waals surface area contributed by atoms with Crippen molar-refractivity contribution >= 4 is 29.0 Å². The summed E-state index contributed by atoms with van der Waals surface area (Å²) in [6.45, 7) is 4.33. The van der Waals surface area contributed by atoms with E-state index in [1.807, 2.05) is 18.2 Å². The number of rotatable bonds is 5. The van der Waals surface area contributed by atoms with Crippen molar-refractivity contribution in [3.63, 3.8) is 0 Å². The largest absolute Gasteiger partial charge is 0.294 e. The first kappa shape index (κ1) is 16.1. The molecule has 1 nitrogen and oxygen atoms in total. The Morgan fingerprint density at radius 1 is 1.05 bits per heavy atom. The van der Waals surface area contributed by atoms with Gasteiger partial charge in [0.2, 0.25) is 0 Å². The fraction of sp³-hybridized carbons (Fsp3) is 0.278. The Morgan fingerprint density at radius 2 is 1.67 bits per heavy atom. The van der Waals surface area contributed by atoms with Crippen molar-refractivity contribution in [2.75, 3.05) is 0 Å². The van der Waals surface area contributed by atoms with Crippen molar-refractivity contribution in [1.82, 2.24) is 0 Å². The zero-order valence-electron chi connectivity index (χ0n) is 12.2. The van der Waals surface area contributed by atoms with Crippen LogP contribution in [0.25, 0.3) is 0 Å². The summed E-state index contributed by atoms with van der Waals surface area (Å²) in [5.74, 6) is 0.601. The van der Waals surface area contributed by atoms with Gasteiger partial charge < -0.3 is 0 Å². The molecule has 0 aromatic heterocycles. The Labute approximate surface area is 135 Å². The SMILES string of the molecule is CC(C)Cc1cccc(C(=O)Cc2c(Cl)cccc2Cl)c1. The molecule has 0 fully saturated rings. The lowest BCUT2D eigenvalue weighted by Gasteiger charge is -2.09. The number of benzene rings is 2. The molecule has 0 atom stereocenters. The molecule has 0 spiro atoms. The van der Waals surface area contributed by atoms with Crippen LogP contribution in [0.15, 0.2) is 42.5 Å². The monoisotopic (exact) mass is 320 g/mol. The molecule has 0 aliphatic carbocycles. The van der Waals surface area contributed by atoms with Gasteiger partial charge in [-0.15, -0.1) is 0 Å². The third-order valence-corrected chi connectivity index (χ3v) is 4.00. The van der Waals surface area contributed by atoms with Gasteiger partial charge in [0.1, 0.15) is 0 Å². The van der Waals surface area contributed by atoms with Crippen LogP contribution < -0.4 is 0 Å². The summed E-state index contributed by atoms with van der Waals surface area (Å²) in [6, 6.07) is 13.1. The first-order valence-corrected chi connectivity index (χ1v) is 7.78. The summed E-state index contributed by atoms with van der Waals surface area (Å²) in [4.78, 5) is 12.4. The van der Waals surface area contributed by atoms with E-state index in [0.717, 1.165) is 6.42 Å². The van der Waals surface area contributed by atoms with Gasteiger partial charge >= 0.3 is 0 Å². The average Bonchev–Trinajstić information content (AvgIpc) is 2.42. The highest BCUT2D eigenvalue weighted by molar-refractivity contribution is 6.36. The van der Waals surface area contributed by atoms with E-state index in [0.29, 0.717) is 27.1 Å². The Bertz CT molecular complexity index is 627. The first-order chi connectivity index (χ1) is 9.97. The molecule has 0 aliphatic heterocycles. The van der Waals surface area contributed by atoms with Gasteiger partial charge in [-0.1, -0.05) is 61.3 Å². The van der Waals surface area contributed by atoms with Crippen molar-refractivity contribution in [2.45, 2.75) is 26.7 Å². The fourth-order valence-electron chi connectivity index (χ4n) is 2.31. The molecule has 0 unspecified atom stereocenters. The number of carbonyl (C=O) groups excluding carboxylic acids is 1. The van der Waals surface area contributed by atoms with Crippen molar-refractivity contribution in [2.24, 2.45) is 5.92 Å². The number of hydrogen-bond acceptors (Lipinski definition) is 1. The highest BCUT2D eigenvalue weighted by Gasteiger charge is 2.13. The average molecular weight is 321 g/mol. The number of ketones is 1. The minimum Gasteiger partial charge on any atom is -0.294 e. The Morgan fingerprint density at radius 3 is 2.29 bits per heavy atom. The molecule has 0 aliphatic rings. The van der Waals surface area contributed by atoms with Gasteiger partial charge in [-0.25, -0.2) is 0 Å². The van der Waals surface area contributed by atoms with Gasteiger partial charge in [-0.3, -0.25) is 4.79 Å². The van der Waals surface area contributed by atoms with Crippen LogP contribution >= 0.6 is 23.2 Å². The van der Waals surface area contributed by atoms with Gasteiger partial charge in [0.25, 0.3) is 0 Å². The van der Waals surface area contributed by atoms with Crippen molar-refractivity contribution < 1.29 is 4.79 Å². The molecule has 0 saturated carbocycles. The first-order valence-electron chi connectivity index (χ1n) is 7.02. The molecule has 0 heterocycles. The van der Waals surface area contributed by atoms with Crippen LogP contribution in [0.4, 0.5) is 0 Å². The number of Topliss-reactive ketones (excluding diaryl/α,β-unsaturated/α-hetero) is 1. The van der Waals surface area contributed by atoms with Gasteiger partial charge in [0.15, 0.2) is 5.78 Å². The van der Waals surface area contributed by atoms with E-state index in [4.69, 9.17) is 23.2 Å². The summed E-state index contributed by atoms with van der Waals surface area (Å²) >= 11 is 12.2. The molecular formula is C18H18Cl2O. The number of carbonyl (C=O) groups is 1. The van der Waals surface area contributed by atoms with E-state index in [-0.39, 0.29) is 12.2 Å². The molecule has 110 valence electrons. The molecule has 3 heteroatoms. The van der Waals surface area contributed by atoms with E-state index in [9.17, 15) is 4.79 Å². The normalized spacial score (nSPS) is 10.9. The number of halogens is 2. The van der Waals surface area contributed by atoms with Gasteiger partial charge in [-0.2, -0.15) is 0 Å². The minimum atomic E-state index is 0.0376. The third-order valence-electron chi connectivity index (χ3n) is 3.29. The van der Waals surface area contributed by atoms with E-state index in [1.54, 1.807) is 18.2 Å². The topological polar surface area (TPSA) is 17.1 Å². The standard InChI is InChI=1S/C18H18Cl2O/c1-12(2)9-13-5-3-6-14(10-13)18(21)11-15-16(19)7-4-8-17(15)20/h3-8,10,12H,9,11H2,1-2H3. The second-order valence-electron chi connectivity index (χ2n) is 5.60. The molecule has 2 rings (SSSR count). The molecule has 0 saturated heterocycles. The smallest absolute Gasteiger partial charge is 0.167 e. The van der Waals surface area contributed by atoms with Crippen molar-refractivity contribution in [3.05, 3.63) is 69.2 Å². The lowest BCUT2D eigenvalue weighted by atomic mass is 9.97. The molecule has 2 aromatic carbocycles. The zero-order valence-corrected chi connectivity index (χ0v) is 13.7. The van der Waals surface area contributed by atoms with Crippen LogP contribution in [0.1, 0.15) is 35.3 Å². The van der Waals surface area contributed by atoms with Crippen LogP contribution in [-0.4, -0.2) is 5.78 Å². The second kappa shape index (κ2) is 7.11. The predicted octanol–water partition coefficient (Wildman–Crippen LogP) is 5.62. The molecule has 2 aromatic rings. The molecule has 0 radical (unpaired) electrons. The maximum absolute atomic E-state index is 12.4. The van der Waals surface area contributed by atoms with Crippen LogP contribution in [0.3, 0.4) is 0 Å². The van der Waals surface area contributed by atoms with E-state index < -0.39 is 0 Å². The van der Waals surface area contributed by atoms with Gasteiger partial charge in [0.05, 0.1) is 0 Å². The van der Waals surface area contributed by atoms with E-state index in [1.165, 1.54) is 5.56 Å². The molecule has 21 heavy (non-hydrogen) atoms. The Kier molecular flexibility index (Phi) is 5.44. The highest BCUT2D eigenvalue weighted by Crippen LogP contribution is 2.26. The Hall–Kier alpha value is -1.31. The molecular weight excluding hydrogens is 303 g/mol. The highest BCUT2D eigenvalue weighted by atomic mass is 35.5. The minimum absolute atomic E-state index is 0.0376. The summed E-state index contributed by atoms with van der Waals surface area (Å²) in [5.41, 5.74) is 2.59. The summed E-state index contributed by atoms with van der Waals surface area (Å²) in [7, 11) is 0. The van der Waals surface area contributed by atoms with Crippen LogP contribution in [0.2, 0.25) is 10.0 Å². The maximum atomic E-state index is 12.4. The third kappa shape index (κ3) is 4.33. The summed E-state index contributed by atoms with van der Waals surface area (Å²) in [6.07, 6.45) is 1.19. The number of hydrogen-bond donors (Lipinski definition) is 0. The van der Waals surface area contributed by atoms with Gasteiger partial charge in [-0.05, 0) is 41.7 Å². The van der Waals surface area contributed by atoms with Crippen molar-refractivity contribution in [1.29, 1.82) is 0 Å². The van der Waals surface area contributed by atoms with Crippen LogP contribution in [-0.2, 0) is 12.8 Å². The van der Waals surface area contributed by atoms with E-state index in [2.05, 4.69) is 19.9 Å². The second-order valence-corrected chi connectivity index (χ2v) is 6.41. The lowest BCUT2D eigenvalue weighted by Crippen LogP contribution is -2.06. The fourth-order valence-corrected chi connectivity index (χ4v) is 2.84. The summed E-state index contributed by atoms with van der Waals surface area (Å²) in [5, 5.41) is 1.07. The Balaban J connectivity index is 2.21. The molecule has 0 N–H and O–H groups in total. The maximum Gasteiger partial charge on any atom is 0.167 e. The quantitative estimate of drug-likeness (QED) is 0.653. The predicted molar refractivity (Wildman–Crippen MR) is 89.5 cm³/mol. The lowest BCUT2D eigenvalue weighted by molar-refractivity contribution is 0.0993. The zero-order chi connectivity index (χ0) is 15.4. The van der Waals surface area contributed by atoms with Crippen molar-refractivity contribution in [3.8, 4) is 0 Å². The van der Waals surface area contributed by atoms with Crippen LogP contribution in [0, 0.1) is 5.92 Å².